The molecule has 7 heteroatoms. The minimum absolute atomic E-state index is 0.0386. The minimum atomic E-state index is -3.34. The smallest absolute Gasteiger partial charge is 0.282 e. The zero-order chi connectivity index (χ0) is 16.9. The normalized spacial score (nSPS) is 23.0. The van der Waals surface area contributed by atoms with Gasteiger partial charge in [-0.3, -0.25) is 4.79 Å². The molecule has 23 heavy (non-hydrogen) atoms. The molecule has 2 aliphatic rings. The highest BCUT2D eigenvalue weighted by molar-refractivity contribution is 7.86. The van der Waals surface area contributed by atoms with Crippen LogP contribution in [-0.4, -0.2) is 67.1 Å². The van der Waals surface area contributed by atoms with Gasteiger partial charge in [-0.25, -0.2) is 0 Å². The second-order valence-electron chi connectivity index (χ2n) is 6.74. The van der Waals surface area contributed by atoms with Gasteiger partial charge in [0.1, 0.15) is 0 Å². The lowest BCUT2D eigenvalue weighted by Gasteiger charge is -2.27. The maximum atomic E-state index is 12.6. The van der Waals surface area contributed by atoms with Gasteiger partial charge in [0.25, 0.3) is 10.2 Å². The van der Waals surface area contributed by atoms with Crippen molar-refractivity contribution in [3.63, 3.8) is 0 Å². The number of carbonyl (C=O) groups excluding carboxylic acids is 1. The zero-order valence-electron chi connectivity index (χ0n) is 14.5. The maximum absolute atomic E-state index is 12.6. The van der Waals surface area contributed by atoms with E-state index >= 15 is 0 Å². The molecule has 1 atom stereocenters. The first-order valence-corrected chi connectivity index (χ1v) is 10.4. The summed E-state index contributed by atoms with van der Waals surface area (Å²) in [5.41, 5.74) is 0. The molecule has 2 rings (SSSR count). The summed E-state index contributed by atoms with van der Waals surface area (Å²) in [6, 6.07) is 0. The predicted molar refractivity (Wildman–Crippen MR) is 91.2 cm³/mol. The Labute approximate surface area is 141 Å². The number of rotatable bonds is 6. The lowest BCUT2D eigenvalue weighted by atomic mass is 10.0. The van der Waals surface area contributed by atoms with Crippen molar-refractivity contribution in [2.24, 2.45) is 5.92 Å². The van der Waals surface area contributed by atoms with Crippen molar-refractivity contribution < 1.29 is 13.2 Å². The van der Waals surface area contributed by atoms with Crippen LogP contribution in [0, 0.1) is 5.92 Å². The molecule has 0 N–H and O–H groups in total. The fourth-order valence-corrected chi connectivity index (χ4v) is 5.09. The Morgan fingerprint density at radius 3 is 2.22 bits per heavy atom. The number of unbranched alkanes of at least 4 members (excludes halogenated alkanes) is 1. The van der Waals surface area contributed by atoms with Gasteiger partial charge in [0.15, 0.2) is 0 Å². The second-order valence-corrected chi connectivity index (χ2v) is 8.66. The highest BCUT2D eigenvalue weighted by Gasteiger charge is 2.33. The summed E-state index contributed by atoms with van der Waals surface area (Å²) in [5, 5.41) is 0. The number of nitrogens with zero attached hydrogens (tertiary/aromatic N) is 3. The molecule has 2 fully saturated rings. The Hall–Kier alpha value is -0.660. The lowest BCUT2D eigenvalue weighted by molar-refractivity contribution is -0.135. The van der Waals surface area contributed by atoms with E-state index in [2.05, 4.69) is 6.92 Å². The molecular weight excluding hydrogens is 314 g/mol. The van der Waals surface area contributed by atoms with E-state index in [0.717, 1.165) is 38.5 Å². The van der Waals surface area contributed by atoms with Gasteiger partial charge >= 0.3 is 0 Å². The van der Waals surface area contributed by atoms with E-state index in [-0.39, 0.29) is 11.8 Å². The van der Waals surface area contributed by atoms with Crippen LogP contribution < -0.4 is 0 Å². The van der Waals surface area contributed by atoms with Crippen molar-refractivity contribution in [1.82, 2.24) is 13.5 Å². The summed E-state index contributed by atoms with van der Waals surface area (Å²) in [4.78, 5) is 14.4. The number of hydrogen-bond donors (Lipinski definition) is 0. The molecule has 0 unspecified atom stereocenters. The third-order valence-electron chi connectivity index (χ3n) is 4.90. The molecular formula is C16H31N3O3S. The molecule has 134 valence electrons. The summed E-state index contributed by atoms with van der Waals surface area (Å²) >= 11 is 0. The maximum Gasteiger partial charge on any atom is 0.282 e. The van der Waals surface area contributed by atoms with E-state index in [1.807, 2.05) is 11.8 Å². The van der Waals surface area contributed by atoms with Gasteiger partial charge in [0.05, 0.1) is 0 Å². The molecule has 0 radical (unpaired) electrons. The SMILES string of the molecule is CCCC[C@H](C)C(=O)N1CCCN(S(=O)(=O)N2CCCC2)CC1. The zero-order valence-corrected chi connectivity index (χ0v) is 15.4. The van der Waals surface area contributed by atoms with E-state index < -0.39 is 10.2 Å². The van der Waals surface area contributed by atoms with E-state index in [4.69, 9.17) is 0 Å². The van der Waals surface area contributed by atoms with Crippen LogP contribution in [0.3, 0.4) is 0 Å². The molecule has 1 amide bonds. The van der Waals surface area contributed by atoms with Gasteiger partial charge in [0.2, 0.25) is 5.91 Å². The molecule has 0 spiro atoms. The Bertz CT molecular complexity index is 489. The van der Waals surface area contributed by atoms with E-state index in [1.165, 1.54) is 0 Å². The Kier molecular flexibility index (Phi) is 6.85. The standard InChI is InChI=1S/C16H31N3O3S/c1-3-4-8-15(2)16(20)17-9-7-12-19(14-13-17)23(21,22)18-10-5-6-11-18/h15H,3-14H2,1-2H3/t15-/m0/s1. The summed E-state index contributed by atoms with van der Waals surface area (Å²) in [7, 11) is -3.34. The fraction of sp³-hybridized carbons (Fsp3) is 0.938. The summed E-state index contributed by atoms with van der Waals surface area (Å²) in [6.45, 7) is 7.51. The average Bonchev–Trinajstić information content (AvgIpc) is 2.97. The number of hydrogen-bond acceptors (Lipinski definition) is 3. The van der Waals surface area contributed by atoms with E-state index in [0.29, 0.717) is 39.3 Å². The number of carbonyl (C=O) groups is 1. The molecule has 0 aliphatic carbocycles. The Morgan fingerprint density at radius 2 is 1.57 bits per heavy atom. The molecule has 0 aromatic rings. The molecule has 2 heterocycles. The molecule has 0 bridgehead atoms. The van der Waals surface area contributed by atoms with Crippen LogP contribution in [0.4, 0.5) is 0 Å². The van der Waals surface area contributed by atoms with Crippen LogP contribution in [0.5, 0.6) is 0 Å². The molecule has 2 saturated heterocycles. The largest absolute Gasteiger partial charge is 0.341 e. The van der Waals surface area contributed by atoms with Crippen molar-refractivity contribution in [2.75, 3.05) is 39.3 Å². The van der Waals surface area contributed by atoms with Crippen LogP contribution in [0.1, 0.15) is 52.4 Å². The van der Waals surface area contributed by atoms with Gasteiger partial charge in [-0.05, 0) is 25.7 Å². The van der Waals surface area contributed by atoms with Gasteiger partial charge < -0.3 is 4.90 Å². The molecule has 0 saturated carbocycles. The lowest BCUT2D eigenvalue weighted by Crippen LogP contribution is -2.44. The van der Waals surface area contributed by atoms with Crippen LogP contribution >= 0.6 is 0 Å². The van der Waals surface area contributed by atoms with Gasteiger partial charge in [-0.15, -0.1) is 0 Å². The topological polar surface area (TPSA) is 60.9 Å². The highest BCUT2D eigenvalue weighted by atomic mass is 32.2. The van der Waals surface area contributed by atoms with Crippen LogP contribution in [0.25, 0.3) is 0 Å². The average molecular weight is 346 g/mol. The Balaban J connectivity index is 1.92. The second kappa shape index (κ2) is 8.44. The van der Waals surface area contributed by atoms with Crippen molar-refractivity contribution in [3.8, 4) is 0 Å². The van der Waals surface area contributed by atoms with Gasteiger partial charge in [-0.1, -0.05) is 26.7 Å². The van der Waals surface area contributed by atoms with Crippen LogP contribution in [-0.2, 0) is 15.0 Å². The third kappa shape index (κ3) is 4.67. The first kappa shape index (κ1) is 18.7. The van der Waals surface area contributed by atoms with Crippen LogP contribution in [0.15, 0.2) is 0 Å². The first-order valence-electron chi connectivity index (χ1n) is 9.00. The minimum Gasteiger partial charge on any atom is -0.341 e. The van der Waals surface area contributed by atoms with E-state index in [1.54, 1.807) is 8.61 Å². The van der Waals surface area contributed by atoms with Crippen molar-refractivity contribution >= 4 is 16.1 Å². The third-order valence-corrected chi connectivity index (χ3v) is 6.93. The van der Waals surface area contributed by atoms with Crippen molar-refractivity contribution in [1.29, 1.82) is 0 Å². The first-order chi connectivity index (χ1) is 11.0. The van der Waals surface area contributed by atoms with Crippen LogP contribution in [0.2, 0.25) is 0 Å². The Morgan fingerprint density at radius 1 is 0.957 bits per heavy atom. The highest BCUT2D eigenvalue weighted by Crippen LogP contribution is 2.19. The molecule has 2 aliphatic heterocycles. The van der Waals surface area contributed by atoms with Gasteiger partial charge in [0, 0.05) is 45.2 Å². The monoisotopic (exact) mass is 345 g/mol. The number of amides is 1. The quantitative estimate of drug-likeness (QED) is 0.736. The van der Waals surface area contributed by atoms with Gasteiger partial charge in [-0.2, -0.15) is 17.0 Å². The molecule has 6 nitrogen and oxygen atoms in total. The molecule has 0 aromatic carbocycles. The van der Waals surface area contributed by atoms with Crippen molar-refractivity contribution in [2.45, 2.75) is 52.4 Å². The van der Waals surface area contributed by atoms with E-state index in [9.17, 15) is 13.2 Å². The predicted octanol–water partition coefficient (Wildman–Crippen LogP) is 1.69. The summed E-state index contributed by atoms with van der Waals surface area (Å²) in [6.07, 6.45) is 5.70. The van der Waals surface area contributed by atoms with Crippen molar-refractivity contribution in [3.05, 3.63) is 0 Å². The summed E-state index contributed by atoms with van der Waals surface area (Å²) in [5.74, 6) is 0.218. The fourth-order valence-electron chi connectivity index (χ4n) is 3.37. The molecule has 0 aromatic heterocycles. The summed E-state index contributed by atoms with van der Waals surface area (Å²) < 4.78 is 28.4.